The van der Waals surface area contributed by atoms with Crippen molar-refractivity contribution in [3.8, 4) is 5.75 Å². The Morgan fingerprint density at radius 3 is 2.68 bits per heavy atom. The summed E-state index contributed by atoms with van der Waals surface area (Å²) in [7, 11) is 1.64. The summed E-state index contributed by atoms with van der Waals surface area (Å²) in [5, 5.41) is 4.24. The molecule has 2 aromatic carbocycles. The van der Waals surface area contributed by atoms with Gasteiger partial charge in [0.05, 0.1) is 18.2 Å². The van der Waals surface area contributed by atoms with Crippen molar-refractivity contribution in [3.05, 3.63) is 76.9 Å². The highest BCUT2D eigenvalue weighted by Gasteiger charge is 2.36. The fraction of sp³-hybridized carbons (Fsp3) is 0.190. The molecule has 0 saturated carbocycles. The van der Waals surface area contributed by atoms with Crippen molar-refractivity contribution in [2.24, 2.45) is 0 Å². The van der Waals surface area contributed by atoms with Crippen molar-refractivity contribution >= 4 is 35.0 Å². The van der Waals surface area contributed by atoms with Crippen LogP contribution in [-0.2, 0) is 4.79 Å². The minimum atomic E-state index is -0.353. The fourth-order valence-electron chi connectivity index (χ4n) is 3.22. The number of aryl methyl sites for hydroxylation is 1. The average Bonchev–Trinajstić information content (AvgIpc) is 3.07. The summed E-state index contributed by atoms with van der Waals surface area (Å²) >= 11 is 7.60. The van der Waals surface area contributed by atoms with E-state index in [0.29, 0.717) is 10.7 Å². The zero-order valence-electron chi connectivity index (χ0n) is 15.5. The number of amides is 1. The summed E-state index contributed by atoms with van der Waals surface area (Å²) in [6.45, 7) is 2.04. The number of nitrogens with zero attached hydrogens (tertiary/aromatic N) is 1. The molecule has 0 saturated heterocycles. The molecule has 1 amide bonds. The van der Waals surface area contributed by atoms with Crippen LogP contribution in [0.25, 0.3) is 0 Å². The third-order valence-corrected chi connectivity index (χ3v) is 6.22. The van der Waals surface area contributed by atoms with Crippen LogP contribution in [0.3, 0.4) is 0 Å². The third kappa shape index (κ3) is 3.70. The number of nitrogens with one attached hydrogen (secondary N) is 2. The second-order valence-electron chi connectivity index (χ2n) is 6.57. The molecule has 3 aromatic rings. The van der Waals surface area contributed by atoms with Crippen molar-refractivity contribution in [1.82, 2.24) is 4.68 Å². The molecule has 0 bridgehead atoms. The van der Waals surface area contributed by atoms with E-state index in [2.05, 4.69) is 10.7 Å². The van der Waals surface area contributed by atoms with Crippen molar-refractivity contribution in [1.29, 1.82) is 0 Å². The molecule has 0 spiro atoms. The van der Waals surface area contributed by atoms with Crippen molar-refractivity contribution in [2.75, 3.05) is 17.9 Å². The van der Waals surface area contributed by atoms with Gasteiger partial charge in [0.15, 0.2) is 0 Å². The number of carbonyl (C=O) groups is 1. The average molecular weight is 414 g/mol. The first kappa shape index (κ1) is 18.8. The van der Waals surface area contributed by atoms with Crippen LogP contribution in [0, 0.1) is 6.92 Å². The van der Waals surface area contributed by atoms with E-state index in [9.17, 15) is 4.79 Å². The van der Waals surface area contributed by atoms with E-state index in [4.69, 9.17) is 16.3 Å². The maximum Gasteiger partial charge on any atom is 0.240 e. The molecule has 1 aliphatic rings. The molecular formula is C21H20ClN3O2S. The monoisotopic (exact) mass is 413 g/mol. The number of ether oxygens (including phenoxy) is 1. The Morgan fingerprint density at radius 1 is 1.18 bits per heavy atom. The molecule has 2 atom stereocenters. The van der Waals surface area contributed by atoms with E-state index in [1.807, 2.05) is 60.1 Å². The van der Waals surface area contributed by atoms with Gasteiger partial charge in [-0.15, -0.1) is 0 Å². The van der Waals surface area contributed by atoms with Gasteiger partial charge in [-0.2, -0.15) is 0 Å². The molecule has 0 aliphatic carbocycles. The molecule has 5 nitrogen and oxygen atoms in total. The predicted molar refractivity (Wildman–Crippen MR) is 114 cm³/mol. The second-order valence-corrected chi connectivity index (χ2v) is 8.16. The molecule has 4 rings (SSSR count). The molecule has 0 fully saturated rings. The van der Waals surface area contributed by atoms with Crippen LogP contribution in [0.5, 0.6) is 5.75 Å². The minimum absolute atomic E-state index is 0.0781. The van der Waals surface area contributed by atoms with E-state index < -0.39 is 0 Å². The largest absolute Gasteiger partial charge is 0.497 e. The van der Waals surface area contributed by atoms with Gasteiger partial charge in [0.1, 0.15) is 11.0 Å². The SMILES string of the molecule is COc1ccc([C@H]2Nn3c(C)ccc3S[C@H]2C(=O)Nc2cccc(Cl)c2)cc1. The molecule has 2 N–H and O–H groups in total. The van der Waals surface area contributed by atoms with Crippen molar-refractivity contribution < 1.29 is 9.53 Å². The first-order valence-electron chi connectivity index (χ1n) is 8.87. The van der Waals surface area contributed by atoms with Gasteiger partial charge in [-0.05, 0) is 55.0 Å². The lowest BCUT2D eigenvalue weighted by molar-refractivity contribution is -0.116. The van der Waals surface area contributed by atoms with Gasteiger partial charge in [0.25, 0.3) is 0 Å². The molecule has 0 unspecified atom stereocenters. The van der Waals surface area contributed by atoms with Gasteiger partial charge in [-0.25, -0.2) is 0 Å². The summed E-state index contributed by atoms with van der Waals surface area (Å²) in [5.74, 6) is 0.704. The Labute approximate surface area is 173 Å². The predicted octanol–water partition coefficient (Wildman–Crippen LogP) is 4.86. The molecule has 144 valence electrons. The number of rotatable bonds is 4. The number of hydrogen-bond acceptors (Lipinski definition) is 4. The molecule has 2 heterocycles. The Bertz CT molecular complexity index is 1000. The van der Waals surface area contributed by atoms with E-state index in [1.54, 1.807) is 31.0 Å². The van der Waals surface area contributed by atoms with Crippen molar-refractivity contribution in [3.63, 3.8) is 0 Å². The molecule has 0 radical (unpaired) electrons. The minimum Gasteiger partial charge on any atom is -0.497 e. The van der Waals surface area contributed by atoms with E-state index in [0.717, 1.165) is 22.0 Å². The summed E-state index contributed by atoms with van der Waals surface area (Å²) in [5.41, 5.74) is 6.28. The Hall–Kier alpha value is -2.57. The standard InChI is InChI=1S/C21H20ClN3O2S/c1-13-6-11-18-25(13)24-19(14-7-9-17(27-2)10-8-14)20(28-18)21(26)23-16-5-3-4-15(22)12-16/h3-12,19-20,24H,1-2H3,(H,23,26)/t19-,20-/m1/s1. The van der Waals surface area contributed by atoms with Crippen LogP contribution in [0.15, 0.2) is 65.7 Å². The van der Waals surface area contributed by atoms with Gasteiger partial charge < -0.3 is 15.5 Å². The van der Waals surface area contributed by atoms with Crippen LogP contribution in [0.4, 0.5) is 5.69 Å². The highest BCUT2D eigenvalue weighted by atomic mass is 35.5. The molecule has 28 heavy (non-hydrogen) atoms. The summed E-state index contributed by atoms with van der Waals surface area (Å²) in [6.07, 6.45) is 0. The number of anilines is 1. The highest BCUT2D eigenvalue weighted by Crippen LogP contribution is 2.39. The number of halogens is 1. The van der Waals surface area contributed by atoms with Gasteiger partial charge >= 0.3 is 0 Å². The lowest BCUT2D eigenvalue weighted by atomic mass is 10.0. The zero-order chi connectivity index (χ0) is 19.7. The topological polar surface area (TPSA) is 55.3 Å². The Balaban J connectivity index is 1.65. The van der Waals surface area contributed by atoms with Gasteiger partial charge in [0.2, 0.25) is 5.91 Å². The van der Waals surface area contributed by atoms with E-state index in [-0.39, 0.29) is 17.2 Å². The number of benzene rings is 2. The lowest BCUT2D eigenvalue weighted by Gasteiger charge is -2.34. The number of fused-ring (bicyclic) bond motifs is 1. The van der Waals surface area contributed by atoms with Crippen LogP contribution >= 0.6 is 23.4 Å². The quantitative estimate of drug-likeness (QED) is 0.641. The number of thioether (sulfide) groups is 1. The Kier molecular flexibility index (Phi) is 5.24. The van der Waals surface area contributed by atoms with E-state index >= 15 is 0 Å². The maximum absolute atomic E-state index is 13.2. The second kappa shape index (κ2) is 7.81. The fourth-order valence-corrected chi connectivity index (χ4v) is 4.64. The van der Waals surface area contributed by atoms with Gasteiger partial charge in [-0.3, -0.25) is 9.47 Å². The number of methoxy groups -OCH3 is 1. The lowest BCUT2D eigenvalue weighted by Crippen LogP contribution is -2.41. The first-order valence-corrected chi connectivity index (χ1v) is 10.1. The molecular weight excluding hydrogens is 394 g/mol. The smallest absolute Gasteiger partial charge is 0.240 e. The number of hydrogen-bond donors (Lipinski definition) is 2. The summed E-state index contributed by atoms with van der Waals surface area (Å²) in [4.78, 5) is 13.2. The zero-order valence-corrected chi connectivity index (χ0v) is 17.1. The highest BCUT2D eigenvalue weighted by molar-refractivity contribution is 8.00. The van der Waals surface area contributed by atoms with Crippen LogP contribution < -0.4 is 15.5 Å². The first-order chi connectivity index (χ1) is 13.5. The molecule has 1 aliphatic heterocycles. The van der Waals surface area contributed by atoms with Gasteiger partial charge in [-0.1, -0.05) is 41.6 Å². The number of carbonyl (C=O) groups excluding carboxylic acids is 1. The normalized spacial score (nSPS) is 18.1. The van der Waals surface area contributed by atoms with Crippen molar-refractivity contribution in [2.45, 2.75) is 23.2 Å². The van der Waals surface area contributed by atoms with Crippen LogP contribution in [0.2, 0.25) is 5.02 Å². The molecule has 7 heteroatoms. The van der Waals surface area contributed by atoms with Crippen LogP contribution in [0.1, 0.15) is 17.3 Å². The molecule has 1 aromatic heterocycles. The third-order valence-electron chi connectivity index (χ3n) is 4.68. The van der Waals surface area contributed by atoms with E-state index in [1.165, 1.54) is 0 Å². The van der Waals surface area contributed by atoms with Gasteiger partial charge in [0, 0.05) is 16.4 Å². The number of aromatic nitrogens is 1. The summed E-state index contributed by atoms with van der Waals surface area (Å²) < 4.78 is 7.29. The Morgan fingerprint density at radius 2 is 1.96 bits per heavy atom. The summed E-state index contributed by atoms with van der Waals surface area (Å²) in [6, 6.07) is 18.8. The maximum atomic E-state index is 13.2. The van der Waals surface area contributed by atoms with Crippen LogP contribution in [-0.4, -0.2) is 22.9 Å².